The van der Waals surface area contributed by atoms with Crippen LogP contribution in [-0.4, -0.2) is 36.2 Å². The second-order valence-corrected chi connectivity index (χ2v) is 16.9. The van der Waals surface area contributed by atoms with E-state index in [1.807, 2.05) is 0 Å². The van der Waals surface area contributed by atoms with Crippen LogP contribution in [0.1, 0.15) is 13.8 Å². The van der Waals surface area contributed by atoms with Crippen molar-refractivity contribution in [2.75, 3.05) is 0 Å². The Balaban J connectivity index is 3.96. The summed E-state index contributed by atoms with van der Waals surface area (Å²) in [6.45, 7) is 19.9. The first-order valence-corrected chi connectivity index (χ1v) is 15.8. The van der Waals surface area contributed by atoms with Gasteiger partial charge in [0, 0.05) is 0 Å². The lowest BCUT2D eigenvalue weighted by molar-refractivity contribution is 0.573. The molecule has 0 bridgehead atoms. The first-order chi connectivity index (χ1) is 8.14. The molecule has 0 aromatic rings. The van der Waals surface area contributed by atoms with Crippen LogP contribution in [0.4, 0.5) is 0 Å². The molecule has 2 nitrogen and oxygen atoms in total. The number of allylic oxidation sites excluding steroid dienone is 1. The molecule has 0 unspecified atom stereocenters. The van der Waals surface area contributed by atoms with Crippen LogP contribution in [0.25, 0.3) is 0 Å². The summed E-state index contributed by atoms with van der Waals surface area (Å²) in [5, 5.41) is 0. The molecule has 0 N–H and O–H groups in total. The van der Waals surface area contributed by atoms with E-state index in [0.29, 0.717) is 15.7 Å². The molecule has 0 atom stereocenters. The average molecular weight is 318 g/mol. The molecular formula is C12H29O2Si4. The third kappa shape index (κ3) is 9.46. The fourth-order valence-electron chi connectivity index (χ4n) is 1.61. The summed E-state index contributed by atoms with van der Waals surface area (Å²) in [5.74, 6) is 0.576. The molecule has 6 heteroatoms. The summed E-state index contributed by atoms with van der Waals surface area (Å²) >= 11 is 0. The summed E-state index contributed by atoms with van der Waals surface area (Å²) in [4.78, 5) is 0. The molecule has 0 rings (SSSR count). The Kier molecular flexibility index (Phi) is 8.90. The topological polar surface area (TPSA) is 18.5 Å². The molecule has 0 aliphatic carbocycles. The molecule has 0 amide bonds. The van der Waals surface area contributed by atoms with Gasteiger partial charge in [0.15, 0.2) is 26.4 Å². The average Bonchev–Trinajstić information content (AvgIpc) is 2.13. The zero-order chi connectivity index (χ0) is 14.3. The number of rotatable bonds is 9. The van der Waals surface area contributed by atoms with Crippen LogP contribution >= 0.6 is 0 Å². The van der Waals surface area contributed by atoms with Gasteiger partial charge in [0.2, 0.25) is 9.76 Å². The number of hydrogen-bond acceptors (Lipinski definition) is 2. The van der Waals surface area contributed by atoms with E-state index in [1.54, 1.807) is 0 Å². The van der Waals surface area contributed by atoms with Crippen molar-refractivity contribution in [2.24, 2.45) is 5.92 Å². The van der Waals surface area contributed by atoms with E-state index in [1.165, 1.54) is 11.2 Å². The lowest BCUT2D eigenvalue weighted by Gasteiger charge is -2.26. The molecule has 0 saturated heterocycles. The highest BCUT2D eigenvalue weighted by Gasteiger charge is 2.27. The van der Waals surface area contributed by atoms with Crippen molar-refractivity contribution in [3.63, 3.8) is 0 Å². The van der Waals surface area contributed by atoms with E-state index in [2.05, 4.69) is 53.2 Å². The minimum Gasteiger partial charge on any atom is -0.458 e. The van der Waals surface area contributed by atoms with Gasteiger partial charge in [0.25, 0.3) is 0 Å². The fraction of sp³-hybridized carbons (Fsp3) is 0.833. The summed E-state index contributed by atoms with van der Waals surface area (Å²) < 4.78 is 12.2. The first kappa shape index (κ1) is 18.5. The summed E-state index contributed by atoms with van der Waals surface area (Å²) in [5.41, 5.74) is 2.51. The van der Waals surface area contributed by atoms with Crippen molar-refractivity contribution in [2.45, 2.75) is 58.3 Å². The van der Waals surface area contributed by atoms with Crippen LogP contribution in [0.3, 0.4) is 0 Å². The summed E-state index contributed by atoms with van der Waals surface area (Å²) in [7, 11) is -2.44. The predicted octanol–water partition coefficient (Wildman–Crippen LogP) is 3.62. The number of hydrogen-bond donors (Lipinski definition) is 0. The summed E-state index contributed by atoms with van der Waals surface area (Å²) in [6.07, 6.45) is 0. The van der Waals surface area contributed by atoms with Gasteiger partial charge in [-0.3, -0.25) is 0 Å². The Morgan fingerprint density at radius 3 is 2.39 bits per heavy atom. The molecule has 0 aromatic heterocycles. The van der Waals surface area contributed by atoms with Crippen LogP contribution in [0, 0.1) is 5.92 Å². The Bertz CT molecular complexity index is 254. The van der Waals surface area contributed by atoms with Crippen molar-refractivity contribution in [3.8, 4) is 0 Å². The lowest BCUT2D eigenvalue weighted by Crippen LogP contribution is -2.39. The van der Waals surface area contributed by atoms with Gasteiger partial charge in [0.05, 0.1) is 0 Å². The largest absolute Gasteiger partial charge is 0.458 e. The molecule has 3 radical (unpaired) electrons. The van der Waals surface area contributed by atoms with Gasteiger partial charge in [-0.05, 0) is 50.4 Å². The third-order valence-electron chi connectivity index (χ3n) is 2.58. The maximum atomic E-state index is 6.17. The second kappa shape index (κ2) is 8.65. The minimum absolute atomic E-state index is 0.576. The maximum absolute atomic E-state index is 6.17. The molecule has 18 heavy (non-hydrogen) atoms. The highest BCUT2D eigenvalue weighted by atomic mass is 28.4. The quantitative estimate of drug-likeness (QED) is 0.478. The van der Waals surface area contributed by atoms with Gasteiger partial charge in [-0.1, -0.05) is 26.0 Å². The summed E-state index contributed by atoms with van der Waals surface area (Å²) in [6, 6.07) is 1.03. The van der Waals surface area contributed by atoms with E-state index in [0.717, 1.165) is 6.04 Å². The molecule has 0 aliphatic heterocycles. The van der Waals surface area contributed by atoms with E-state index in [4.69, 9.17) is 8.23 Å². The second-order valence-electron chi connectivity index (χ2n) is 6.04. The molecule has 0 aromatic carbocycles. The van der Waals surface area contributed by atoms with Gasteiger partial charge in [0.1, 0.15) is 0 Å². The van der Waals surface area contributed by atoms with Gasteiger partial charge in [-0.25, -0.2) is 0 Å². The van der Waals surface area contributed by atoms with Gasteiger partial charge >= 0.3 is 0 Å². The van der Waals surface area contributed by atoms with Crippen molar-refractivity contribution in [3.05, 3.63) is 12.2 Å². The van der Waals surface area contributed by atoms with Crippen LogP contribution in [0.2, 0.25) is 44.4 Å². The standard InChI is InChI=1S/C12H29O2Si4/c1-11(2)12(3)9-15-13-18(7,8)10-17(6)14-16(4)5/h11,16H,3,9-10H2,1-2,4-8H3. The Morgan fingerprint density at radius 1 is 1.39 bits per heavy atom. The highest BCUT2D eigenvalue weighted by Crippen LogP contribution is 2.17. The first-order valence-electron chi connectivity index (χ1n) is 6.71. The van der Waals surface area contributed by atoms with Crippen LogP contribution in [-0.2, 0) is 8.23 Å². The molecule has 0 heterocycles. The van der Waals surface area contributed by atoms with Crippen molar-refractivity contribution in [1.82, 2.24) is 0 Å². The third-order valence-corrected chi connectivity index (χ3v) is 14.9. The maximum Gasteiger partial charge on any atom is 0.219 e. The predicted molar refractivity (Wildman–Crippen MR) is 89.5 cm³/mol. The van der Waals surface area contributed by atoms with Crippen molar-refractivity contribution >= 4 is 36.2 Å². The van der Waals surface area contributed by atoms with Gasteiger partial charge in [-0.2, -0.15) is 0 Å². The zero-order valence-corrected chi connectivity index (χ0v) is 17.2. The van der Waals surface area contributed by atoms with Crippen molar-refractivity contribution < 1.29 is 8.23 Å². The fourth-order valence-corrected chi connectivity index (χ4v) is 14.1. The zero-order valence-electron chi connectivity index (χ0n) is 13.1. The Hall–Kier alpha value is 0.528. The normalized spacial score (nSPS) is 12.8. The molecule has 105 valence electrons. The molecule has 0 fully saturated rings. The molecule has 0 saturated carbocycles. The van der Waals surface area contributed by atoms with Gasteiger partial charge in [-0.15, -0.1) is 0 Å². The smallest absolute Gasteiger partial charge is 0.219 e. The Labute approximate surface area is 121 Å². The molecule has 0 spiro atoms. The van der Waals surface area contributed by atoms with E-state index in [9.17, 15) is 0 Å². The lowest BCUT2D eigenvalue weighted by atomic mass is 10.1. The van der Waals surface area contributed by atoms with Gasteiger partial charge < -0.3 is 8.23 Å². The van der Waals surface area contributed by atoms with E-state index >= 15 is 0 Å². The van der Waals surface area contributed by atoms with Crippen LogP contribution in [0.15, 0.2) is 12.2 Å². The van der Waals surface area contributed by atoms with Crippen molar-refractivity contribution in [1.29, 1.82) is 0 Å². The highest BCUT2D eigenvalue weighted by molar-refractivity contribution is 6.85. The SMILES string of the molecule is C=C(C[Si]O[Si](C)(C)C[Si](C)O[SiH](C)C)C(C)C. The van der Waals surface area contributed by atoms with Crippen LogP contribution in [0.5, 0.6) is 0 Å². The monoisotopic (exact) mass is 317 g/mol. The Morgan fingerprint density at radius 2 is 1.94 bits per heavy atom. The van der Waals surface area contributed by atoms with E-state index < -0.39 is 26.4 Å². The van der Waals surface area contributed by atoms with Crippen LogP contribution < -0.4 is 0 Å². The van der Waals surface area contributed by atoms with E-state index in [-0.39, 0.29) is 0 Å². The molecular weight excluding hydrogens is 288 g/mol. The molecule has 0 aliphatic rings. The minimum atomic E-state index is -1.52.